The van der Waals surface area contributed by atoms with Crippen molar-refractivity contribution in [2.75, 3.05) is 13.6 Å². The molecule has 0 aliphatic heterocycles. The normalized spacial score (nSPS) is 18.6. The third kappa shape index (κ3) is 1.79. The van der Waals surface area contributed by atoms with Crippen molar-refractivity contribution in [3.05, 3.63) is 34.3 Å². The van der Waals surface area contributed by atoms with Crippen molar-refractivity contribution in [1.29, 1.82) is 0 Å². The van der Waals surface area contributed by atoms with Gasteiger partial charge in [0.2, 0.25) is 0 Å². The maximum Gasteiger partial charge on any atom is 0.0178 e. The van der Waals surface area contributed by atoms with E-state index in [1.807, 2.05) is 7.05 Å². The summed E-state index contributed by atoms with van der Waals surface area (Å²) in [5.41, 5.74) is 1.91. The Morgan fingerprint density at radius 1 is 1.46 bits per heavy atom. The van der Waals surface area contributed by atoms with E-state index in [0.29, 0.717) is 5.41 Å². The molecule has 0 heterocycles. The van der Waals surface area contributed by atoms with Crippen molar-refractivity contribution in [3.8, 4) is 0 Å². The third-order valence-corrected chi connectivity index (χ3v) is 3.30. The molecular formula is C11H14BrN. The fourth-order valence-corrected chi connectivity index (χ4v) is 2.27. The lowest BCUT2D eigenvalue weighted by Gasteiger charge is -2.14. The van der Waals surface area contributed by atoms with Gasteiger partial charge in [0.05, 0.1) is 0 Å². The zero-order chi connectivity index (χ0) is 9.31. The first-order chi connectivity index (χ1) is 6.27. The monoisotopic (exact) mass is 239 g/mol. The van der Waals surface area contributed by atoms with Gasteiger partial charge in [-0.3, -0.25) is 0 Å². The Bertz CT molecular complexity index is 305. The Kier molecular flexibility index (Phi) is 2.43. The molecule has 2 heteroatoms. The summed E-state index contributed by atoms with van der Waals surface area (Å²) < 4.78 is 1.19. The zero-order valence-electron chi connectivity index (χ0n) is 7.81. The van der Waals surface area contributed by atoms with Crippen LogP contribution in [0.25, 0.3) is 0 Å². The minimum absolute atomic E-state index is 0.443. The smallest absolute Gasteiger partial charge is 0.0178 e. The van der Waals surface area contributed by atoms with Gasteiger partial charge >= 0.3 is 0 Å². The number of halogens is 1. The lowest BCUT2D eigenvalue weighted by atomic mass is 9.96. The zero-order valence-corrected chi connectivity index (χ0v) is 9.39. The molecule has 1 saturated carbocycles. The van der Waals surface area contributed by atoms with Gasteiger partial charge in [0.15, 0.2) is 0 Å². The molecule has 1 aromatic carbocycles. The third-order valence-electron chi connectivity index (χ3n) is 2.81. The molecule has 70 valence electrons. The summed E-state index contributed by atoms with van der Waals surface area (Å²) >= 11 is 3.51. The average molecular weight is 240 g/mol. The molecule has 1 aliphatic rings. The Morgan fingerprint density at radius 2 is 2.23 bits per heavy atom. The molecule has 0 bridgehead atoms. The van der Waals surface area contributed by atoms with E-state index < -0.39 is 0 Å². The van der Waals surface area contributed by atoms with Crippen LogP contribution in [0.5, 0.6) is 0 Å². The number of likely N-dealkylation sites (N-methyl/N-ethyl adjacent to an activating group) is 1. The van der Waals surface area contributed by atoms with Gasteiger partial charge in [-0.2, -0.15) is 0 Å². The Morgan fingerprint density at radius 3 is 2.77 bits per heavy atom. The molecule has 0 unspecified atom stereocenters. The highest BCUT2D eigenvalue weighted by Gasteiger charge is 2.43. The summed E-state index contributed by atoms with van der Waals surface area (Å²) in [4.78, 5) is 0. The lowest BCUT2D eigenvalue weighted by molar-refractivity contribution is 0.624. The summed E-state index contributed by atoms with van der Waals surface area (Å²) in [5.74, 6) is 0. The van der Waals surface area contributed by atoms with Crippen LogP contribution in [0.15, 0.2) is 28.7 Å². The molecule has 1 aliphatic carbocycles. The Balaban J connectivity index is 2.25. The number of benzene rings is 1. The second-order valence-corrected chi connectivity index (χ2v) is 4.74. The number of nitrogens with one attached hydrogen (secondary N) is 1. The Labute approximate surface area is 87.7 Å². The fraction of sp³-hybridized carbons (Fsp3) is 0.455. The quantitative estimate of drug-likeness (QED) is 0.856. The molecule has 2 rings (SSSR count). The van der Waals surface area contributed by atoms with Gasteiger partial charge in [-0.15, -0.1) is 0 Å². The average Bonchev–Trinajstić information content (AvgIpc) is 2.86. The highest BCUT2D eigenvalue weighted by molar-refractivity contribution is 9.10. The molecule has 0 atom stereocenters. The van der Waals surface area contributed by atoms with Crippen molar-refractivity contribution in [1.82, 2.24) is 5.32 Å². The van der Waals surface area contributed by atoms with Gasteiger partial charge in [0, 0.05) is 16.4 Å². The van der Waals surface area contributed by atoms with E-state index in [0.717, 1.165) is 6.54 Å². The number of rotatable bonds is 3. The first-order valence-corrected chi connectivity index (χ1v) is 5.47. The summed E-state index contributed by atoms with van der Waals surface area (Å²) in [7, 11) is 2.03. The first kappa shape index (κ1) is 9.22. The van der Waals surface area contributed by atoms with Crippen molar-refractivity contribution < 1.29 is 0 Å². The minimum atomic E-state index is 0.443. The van der Waals surface area contributed by atoms with Crippen LogP contribution in [0, 0.1) is 0 Å². The maximum absolute atomic E-state index is 3.51. The van der Waals surface area contributed by atoms with Crippen molar-refractivity contribution in [2.45, 2.75) is 18.3 Å². The van der Waals surface area contributed by atoms with E-state index in [4.69, 9.17) is 0 Å². The SMILES string of the molecule is CNCC1(c2cccc(Br)c2)CC1. The number of hydrogen-bond donors (Lipinski definition) is 1. The molecule has 13 heavy (non-hydrogen) atoms. The van der Waals surface area contributed by atoms with Crippen LogP contribution in [0.1, 0.15) is 18.4 Å². The van der Waals surface area contributed by atoms with Gasteiger partial charge < -0.3 is 5.32 Å². The van der Waals surface area contributed by atoms with E-state index >= 15 is 0 Å². The molecule has 1 N–H and O–H groups in total. The van der Waals surface area contributed by atoms with E-state index in [9.17, 15) is 0 Å². The molecule has 1 fully saturated rings. The van der Waals surface area contributed by atoms with E-state index in [2.05, 4.69) is 45.5 Å². The molecule has 1 nitrogen and oxygen atoms in total. The largest absolute Gasteiger partial charge is 0.319 e. The second-order valence-electron chi connectivity index (χ2n) is 3.82. The predicted molar refractivity (Wildman–Crippen MR) is 59.0 cm³/mol. The molecular weight excluding hydrogens is 226 g/mol. The highest BCUT2D eigenvalue weighted by atomic mass is 79.9. The molecule has 0 spiro atoms. The van der Waals surface area contributed by atoms with Gasteiger partial charge in [-0.05, 0) is 37.6 Å². The van der Waals surface area contributed by atoms with Crippen LogP contribution in [0.4, 0.5) is 0 Å². The van der Waals surface area contributed by atoms with E-state index in [1.54, 1.807) is 0 Å². The minimum Gasteiger partial charge on any atom is -0.319 e. The summed E-state index contributed by atoms with van der Waals surface area (Å²) in [6.45, 7) is 1.10. The van der Waals surface area contributed by atoms with Crippen LogP contribution in [0.2, 0.25) is 0 Å². The maximum atomic E-state index is 3.51. The topological polar surface area (TPSA) is 12.0 Å². The predicted octanol–water partition coefficient (Wildman–Crippen LogP) is 2.70. The second kappa shape index (κ2) is 3.43. The van der Waals surface area contributed by atoms with Crippen LogP contribution in [0.3, 0.4) is 0 Å². The number of hydrogen-bond acceptors (Lipinski definition) is 1. The van der Waals surface area contributed by atoms with Crippen LogP contribution in [-0.4, -0.2) is 13.6 Å². The van der Waals surface area contributed by atoms with Crippen molar-refractivity contribution in [3.63, 3.8) is 0 Å². The van der Waals surface area contributed by atoms with Gasteiger partial charge in [0.1, 0.15) is 0 Å². The van der Waals surface area contributed by atoms with Gasteiger partial charge in [-0.1, -0.05) is 28.1 Å². The fourth-order valence-electron chi connectivity index (χ4n) is 1.88. The molecule has 0 amide bonds. The summed E-state index contributed by atoms with van der Waals surface area (Å²) in [6.07, 6.45) is 2.65. The molecule has 0 radical (unpaired) electrons. The van der Waals surface area contributed by atoms with Crippen LogP contribution < -0.4 is 5.32 Å². The van der Waals surface area contributed by atoms with Crippen molar-refractivity contribution >= 4 is 15.9 Å². The van der Waals surface area contributed by atoms with E-state index in [-0.39, 0.29) is 0 Å². The van der Waals surface area contributed by atoms with Crippen LogP contribution in [-0.2, 0) is 5.41 Å². The van der Waals surface area contributed by atoms with Crippen molar-refractivity contribution in [2.24, 2.45) is 0 Å². The van der Waals surface area contributed by atoms with Crippen LogP contribution >= 0.6 is 15.9 Å². The molecule has 1 aromatic rings. The van der Waals surface area contributed by atoms with Gasteiger partial charge in [-0.25, -0.2) is 0 Å². The highest BCUT2D eigenvalue weighted by Crippen LogP contribution is 2.47. The van der Waals surface area contributed by atoms with Gasteiger partial charge in [0.25, 0.3) is 0 Å². The summed E-state index contributed by atoms with van der Waals surface area (Å²) in [6, 6.07) is 8.67. The summed E-state index contributed by atoms with van der Waals surface area (Å²) in [5, 5.41) is 3.27. The first-order valence-electron chi connectivity index (χ1n) is 4.67. The molecule has 0 aromatic heterocycles. The van der Waals surface area contributed by atoms with E-state index in [1.165, 1.54) is 22.9 Å². The molecule has 0 saturated heterocycles. The standard InChI is InChI=1S/C11H14BrN/c1-13-8-11(5-6-11)9-3-2-4-10(12)7-9/h2-4,7,13H,5-6,8H2,1H3. The Hall–Kier alpha value is -0.340. The lowest BCUT2D eigenvalue weighted by Crippen LogP contribution is -2.23.